The number of ether oxygens (including phenoxy) is 2. The summed E-state index contributed by atoms with van der Waals surface area (Å²) in [5, 5.41) is 0. The Hall–Kier alpha value is -0.810. The average Bonchev–Trinajstić information content (AvgIpc) is 2.60. The minimum atomic E-state index is -4.02. The third kappa shape index (κ3) is 7.53. The topological polar surface area (TPSA) is 74.2 Å². The second kappa shape index (κ2) is 10.4. The van der Waals surface area contributed by atoms with Crippen molar-refractivity contribution < 1.29 is 28.0 Å². The molecule has 144 valence electrons. The van der Waals surface area contributed by atoms with Crippen LogP contribution in [0.4, 0.5) is 0 Å². The molecule has 1 N–H and O–H groups in total. The maximum atomic E-state index is 12.3. The summed E-state index contributed by atoms with van der Waals surface area (Å²) in [5.41, 5.74) is 0. The molecular formula is C18H31O6P. The Morgan fingerprint density at radius 2 is 1.04 bits per heavy atom. The summed E-state index contributed by atoms with van der Waals surface area (Å²) in [4.78, 5) is 10.1. The van der Waals surface area contributed by atoms with Gasteiger partial charge < -0.3 is 14.4 Å². The Morgan fingerprint density at radius 3 is 1.36 bits per heavy atom. The Bertz CT molecular complexity index is 436. The monoisotopic (exact) mass is 374 g/mol. The van der Waals surface area contributed by atoms with Crippen LogP contribution >= 0.6 is 7.82 Å². The molecule has 2 aliphatic carbocycles. The van der Waals surface area contributed by atoms with Gasteiger partial charge in [0, 0.05) is 0 Å². The van der Waals surface area contributed by atoms with Crippen molar-refractivity contribution in [2.75, 3.05) is 0 Å². The highest BCUT2D eigenvalue weighted by atomic mass is 31.2. The molecule has 0 aromatic rings. The maximum absolute atomic E-state index is 12.3. The summed E-state index contributed by atoms with van der Waals surface area (Å²) in [7, 11) is -4.02. The fourth-order valence-corrected chi connectivity index (χ4v) is 4.55. The van der Waals surface area contributed by atoms with E-state index in [2.05, 4.69) is 0 Å². The van der Waals surface area contributed by atoms with Crippen molar-refractivity contribution in [2.24, 2.45) is 0 Å². The first-order valence-corrected chi connectivity index (χ1v) is 10.7. The van der Waals surface area contributed by atoms with Crippen molar-refractivity contribution in [2.45, 2.75) is 89.6 Å². The van der Waals surface area contributed by atoms with Gasteiger partial charge in [-0.2, -0.15) is 0 Å². The number of rotatable bonds is 8. The Kier molecular flexibility index (Phi) is 8.50. The fourth-order valence-electron chi connectivity index (χ4n) is 3.33. The summed E-state index contributed by atoms with van der Waals surface area (Å²) >= 11 is 0. The molecule has 0 radical (unpaired) electrons. The molecule has 0 aliphatic heterocycles. The van der Waals surface area contributed by atoms with Crippen LogP contribution in [0.15, 0.2) is 24.7 Å². The number of phosphoric acid groups is 1. The number of phosphoric ester groups is 1. The summed E-state index contributed by atoms with van der Waals surface area (Å²) in [6, 6.07) is 0. The van der Waals surface area contributed by atoms with Crippen LogP contribution in [0.2, 0.25) is 0 Å². The molecule has 0 heterocycles. The van der Waals surface area contributed by atoms with Gasteiger partial charge in [-0.3, -0.25) is 9.05 Å². The quantitative estimate of drug-likeness (QED) is 0.484. The van der Waals surface area contributed by atoms with Crippen LogP contribution in [0.3, 0.4) is 0 Å². The van der Waals surface area contributed by atoms with Crippen molar-refractivity contribution in [3.05, 3.63) is 24.7 Å². The molecule has 2 rings (SSSR count). The van der Waals surface area contributed by atoms with E-state index in [0.29, 0.717) is 25.7 Å². The van der Waals surface area contributed by atoms with Gasteiger partial charge >= 0.3 is 7.82 Å². The number of allylic oxidation sites excluding steroid dienone is 2. The van der Waals surface area contributed by atoms with Crippen LogP contribution < -0.4 is 0 Å². The zero-order valence-corrected chi connectivity index (χ0v) is 16.1. The Morgan fingerprint density at radius 1 is 0.720 bits per heavy atom. The largest absolute Gasteiger partial charge is 0.498 e. The maximum Gasteiger partial charge on any atom is 0.472 e. The molecule has 7 heteroatoms. The zero-order valence-electron chi connectivity index (χ0n) is 15.2. The van der Waals surface area contributed by atoms with E-state index in [1.165, 1.54) is 0 Å². The van der Waals surface area contributed by atoms with Gasteiger partial charge in [-0.05, 0) is 65.2 Å². The van der Waals surface area contributed by atoms with Crippen LogP contribution in [0, 0.1) is 0 Å². The molecule has 2 fully saturated rings. The molecule has 0 amide bonds. The minimum absolute atomic E-state index is 0.169. The van der Waals surface area contributed by atoms with Gasteiger partial charge in [0.15, 0.2) is 0 Å². The van der Waals surface area contributed by atoms with Gasteiger partial charge in [-0.15, -0.1) is 0 Å². The molecule has 0 unspecified atom stereocenters. The molecule has 6 nitrogen and oxygen atoms in total. The molecule has 0 spiro atoms. The smallest absolute Gasteiger partial charge is 0.472 e. The highest BCUT2D eigenvalue weighted by Crippen LogP contribution is 2.49. The fraction of sp³-hybridized carbons (Fsp3) is 0.778. The van der Waals surface area contributed by atoms with Crippen molar-refractivity contribution >= 4 is 7.82 Å². The lowest BCUT2D eigenvalue weighted by atomic mass is 9.95. The number of hydrogen-bond donors (Lipinski definition) is 1. The molecule has 25 heavy (non-hydrogen) atoms. The van der Waals surface area contributed by atoms with E-state index in [0.717, 1.165) is 25.7 Å². The summed E-state index contributed by atoms with van der Waals surface area (Å²) in [6.45, 7) is 3.82. The third-order valence-electron chi connectivity index (χ3n) is 4.62. The van der Waals surface area contributed by atoms with E-state index in [9.17, 15) is 9.46 Å². The van der Waals surface area contributed by atoms with E-state index in [1.54, 1.807) is 12.5 Å². The van der Waals surface area contributed by atoms with Gasteiger partial charge in [0.25, 0.3) is 0 Å². The van der Waals surface area contributed by atoms with Gasteiger partial charge in [0.05, 0.1) is 36.9 Å². The molecule has 0 atom stereocenters. The first kappa shape index (κ1) is 20.5. The third-order valence-corrected chi connectivity index (χ3v) is 5.75. The molecule has 0 aromatic carbocycles. The van der Waals surface area contributed by atoms with Crippen molar-refractivity contribution in [3.63, 3.8) is 0 Å². The summed E-state index contributed by atoms with van der Waals surface area (Å²) in [6.07, 6.45) is 13.1. The van der Waals surface area contributed by atoms with Crippen LogP contribution in [0.1, 0.15) is 65.2 Å². The van der Waals surface area contributed by atoms with Crippen LogP contribution in [-0.4, -0.2) is 29.3 Å². The van der Waals surface area contributed by atoms with E-state index < -0.39 is 7.82 Å². The van der Waals surface area contributed by atoms with E-state index in [1.807, 2.05) is 26.0 Å². The van der Waals surface area contributed by atoms with Gasteiger partial charge in [-0.25, -0.2) is 4.57 Å². The van der Waals surface area contributed by atoms with Gasteiger partial charge in [0.2, 0.25) is 0 Å². The molecule has 2 aliphatic rings. The zero-order chi connectivity index (χ0) is 18.1. The second-order valence-corrected chi connectivity index (χ2v) is 8.05. The molecular weight excluding hydrogens is 343 g/mol. The molecule has 2 saturated carbocycles. The minimum Gasteiger partial charge on any atom is -0.498 e. The van der Waals surface area contributed by atoms with Gasteiger partial charge in [-0.1, -0.05) is 12.2 Å². The van der Waals surface area contributed by atoms with E-state index >= 15 is 0 Å². The molecule has 0 saturated heterocycles. The summed E-state index contributed by atoms with van der Waals surface area (Å²) in [5.74, 6) is 0. The SMILES string of the molecule is CC=COC1CCC(OP(=O)(O)OC2CCC(OC=CC)CC2)CC1. The molecule has 0 aromatic heterocycles. The first-order chi connectivity index (χ1) is 12.0. The lowest BCUT2D eigenvalue weighted by Gasteiger charge is -2.31. The van der Waals surface area contributed by atoms with Gasteiger partial charge in [0.1, 0.15) is 0 Å². The first-order valence-electron chi connectivity index (χ1n) is 9.25. The molecule has 0 bridgehead atoms. The van der Waals surface area contributed by atoms with Crippen LogP contribution in [-0.2, 0) is 23.1 Å². The Balaban J connectivity index is 1.69. The predicted octanol–water partition coefficient (Wildman–Crippen LogP) is 4.84. The normalized spacial score (nSPS) is 33.4. The lowest BCUT2D eigenvalue weighted by molar-refractivity contribution is 0.00611. The van der Waals surface area contributed by atoms with Crippen molar-refractivity contribution in [1.29, 1.82) is 0 Å². The van der Waals surface area contributed by atoms with Crippen molar-refractivity contribution in [3.8, 4) is 0 Å². The van der Waals surface area contributed by atoms with Crippen molar-refractivity contribution in [1.82, 2.24) is 0 Å². The van der Waals surface area contributed by atoms with Crippen LogP contribution in [0.25, 0.3) is 0 Å². The standard InChI is InChI=1S/C18H31O6P/c1-3-13-21-15-5-9-17(10-6-15)23-25(19,20)24-18-11-7-16(8-12-18)22-14-4-2/h3-4,13-18H,5-12H2,1-2H3,(H,19,20). The van der Waals surface area contributed by atoms with E-state index in [4.69, 9.17) is 18.5 Å². The number of hydrogen-bond acceptors (Lipinski definition) is 5. The highest BCUT2D eigenvalue weighted by Gasteiger charge is 2.34. The predicted molar refractivity (Wildman–Crippen MR) is 95.9 cm³/mol. The second-order valence-electron chi connectivity index (χ2n) is 6.69. The Labute approximate surface area is 150 Å². The lowest BCUT2D eigenvalue weighted by Crippen LogP contribution is -2.27. The van der Waals surface area contributed by atoms with Crippen LogP contribution in [0.5, 0.6) is 0 Å². The average molecular weight is 374 g/mol. The highest BCUT2D eigenvalue weighted by molar-refractivity contribution is 7.47. The summed E-state index contributed by atoms with van der Waals surface area (Å²) < 4.78 is 34.2. The van der Waals surface area contributed by atoms with E-state index in [-0.39, 0.29) is 24.4 Å².